The smallest absolute Gasteiger partial charge is 0.339 e. The number of rotatable bonds is 4. The van der Waals surface area contributed by atoms with Crippen LogP contribution in [0.25, 0.3) is 10.6 Å². The van der Waals surface area contributed by atoms with Gasteiger partial charge in [-0.3, -0.25) is 4.79 Å². The molecule has 0 bridgehead atoms. The van der Waals surface area contributed by atoms with Crippen molar-refractivity contribution in [2.75, 3.05) is 4.90 Å². The minimum Gasteiger partial charge on any atom is -0.379 e. The molecule has 150 valence electrons. The van der Waals surface area contributed by atoms with Gasteiger partial charge in [-0.1, -0.05) is 0 Å². The van der Waals surface area contributed by atoms with Gasteiger partial charge < -0.3 is 9.08 Å². The van der Waals surface area contributed by atoms with Gasteiger partial charge in [0.1, 0.15) is 15.7 Å². The molecule has 0 saturated carbocycles. The first-order chi connectivity index (χ1) is 13.7. The number of benzene rings is 2. The van der Waals surface area contributed by atoms with E-state index in [0.717, 1.165) is 27.5 Å². The summed E-state index contributed by atoms with van der Waals surface area (Å²) < 4.78 is 30.8. The second-order valence-electron chi connectivity index (χ2n) is 7.09. The first kappa shape index (κ1) is 19.6. The summed E-state index contributed by atoms with van der Waals surface area (Å²) in [5, 5.41) is 2.84. The molecule has 1 aromatic heterocycles. The van der Waals surface area contributed by atoms with Crippen LogP contribution in [0.1, 0.15) is 25.1 Å². The third-order valence-electron chi connectivity index (χ3n) is 4.82. The molecule has 0 aliphatic carbocycles. The molecule has 0 fully saturated rings. The molecule has 1 unspecified atom stereocenters. The lowest BCUT2D eigenvalue weighted by Gasteiger charge is -2.20. The molecule has 29 heavy (non-hydrogen) atoms. The molecule has 1 amide bonds. The summed E-state index contributed by atoms with van der Waals surface area (Å²) in [6, 6.07) is 11.6. The zero-order chi connectivity index (χ0) is 20.8. The molecule has 1 atom stereocenters. The van der Waals surface area contributed by atoms with Gasteiger partial charge in [-0.15, -0.1) is 11.3 Å². The Balaban J connectivity index is 1.57. The van der Waals surface area contributed by atoms with E-state index in [-0.39, 0.29) is 22.6 Å². The van der Waals surface area contributed by atoms with E-state index in [9.17, 15) is 13.2 Å². The monoisotopic (exact) mass is 428 g/mol. The van der Waals surface area contributed by atoms with Gasteiger partial charge >= 0.3 is 10.1 Å². The first-order valence-corrected chi connectivity index (χ1v) is 11.4. The van der Waals surface area contributed by atoms with Crippen molar-refractivity contribution in [2.24, 2.45) is 0 Å². The minimum absolute atomic E-state index is 0.00316. The molecular weight excluding hydrogens is 408 g/mol. The molecule has 0 N–H and O–H groups in total. The maximum Gasteiger partial charge on any atom is 0.339 e. The quantitative estimate of drug-likeness (QED) is 0.583. The number of anilines is 1. The highest BCUT2D eigenvalue weighted by Gasteiger charge is 2.30. The Morgan fingerprint density at radius 1 is 1.21 bits per heavy atom. The van der Waals surface area contributed by atoms with Gasteiger partial charge in [0.15, 0.2) is 0 Å². The summed E-state index contributed by atoms with van der Waals surface area (Å²) in [5.74, 6) is 0.180. The fraction of sp³-hybridized carbons (Fsp3) is 0.238. The molecule has 2 aromatic carbocycles. The van der Waals surface area contributed by atoms with E-state index >= 15 is 0 Å². The summed E-state index contributed by atoms with van der Waals surface area (Å²) in [6.45, 7) is 5.38. The first-order valence-electron chi connectivity index (χ1n) is 9.14. The Hall–Kier alpha value is -2.71. The van der Waals surface area contributed by atoms with Crippen molar-refractivity contribution in [1.29, 1.82) is 0 Å². The number of amides is 1. The van der Waals surface area contributed by atoms with E-state index in [0.29, 0.717) is 6.42 Å². The predicted molar refractivity (Wildman–Crippen MR) is 113 cm³/mol. The normalized spacial score (nSPS) is 16.0. The number of aromatic nitrogens is 1. The molecule has 8 heteroatoms. The van der Waals surface area contributed by atoms with Crippen molar-refractivity contribution < 1.29 is 17.4 Å². The van der Waals surface area contributed by atoms with Gasteiger partial charge in [0, 0.05) is 35.3 Å². The molecule has 3 aromatic rings. The van der Waals surface area contributed by atoms with Crippen molar-refractivity contribution in [1.82, 2.24) is 4.98 Å². The number of nitrogens with zero attached hydrogens (tertiary/aromatic N) is 2. The summed E-state index contributed by atoms with van der Waals surface area (Å²) in [6.07, 6.45) is 0.611. The SMILES string of the molecule is CC(=O)N1c2ccc(S(=O)(=O)Oc3ccc(-c4nc(C)cs4)cc3)cc2CC1C. The number of carbonyl (C=O) groups is 1. The van der Waals surface area contributed by atoms with Crippen LogP contribution >= 0.6 is 11.3 Å². The lowest BCUT2D eigenvalue weighted by atomic mass is 10.1. The third-order valence-corrected chi connectivity index (χ3v) is 7.07. The minimum atomic E-state index is -3.98. The van der Waals surface area contributed by atoms with E-state index in [4.69, 9.17) is 4.18 Å². The van der Waals surface area contributed by atoms with Crippen LogP contribution in [0.5, 0.6) is 5.75 Å². The Kier molecular flexibility index (Phi) is 4.92. The van der Waals surface area contributed by atoms with Crippen molar-refractivity contribution in [3.8, 4) is 16.3 Å². The van der Waals surface area contributed by atoms with E-state index in [2.05, 4.69) is 4.98 Å². The fourth-order valence-electron chi connectivity index (χ4n) is 3.56. The van der Waals surface area contributed by atoms with Crippen LogP contribution in [0.4, 0.5) is 5.69 Å². The molecule has 0 saturated heterocycles. The summed E-state index contributed by atoms with van der Waals surface area (Å²) in [4.78, 5) is 18.0. The van der Waals surface area contributed by atoms with E-state index < -0.39 is 10.1 Å². The van der Waals surface area contributed by atoms with E-state index in [1.54, 1.807) is 41.3 Å². The van der Waals surface area contributed by atoms with Crippen molar-refractivity contribution in [3.05, 3.63) is 59.1 Å². The molecule has 0 radical (unpaired) electrons. The Bertz CT molecular complexity index is 1180. The Labute approximate surface area is 173 Å². The zero-order valence-electron chi connectivity index (χ0n) is 16.2. The molecule has 0 spiro atoms. The van der Waals surface area contributed by atoms with Crippen LogP contribution in [-0.2, 0) is 21.3 Å². The standard InChI is InChI=1S/C21H20N2O4S2/c1-13-12-28-21(22-13)16-4-6-18(7-5-16)27-29(25,26)19-8-9-20-17(11-19)10-14(2)23(20)15(3)24/h4-9,11-12,14H,10H2,1-3H3. The van der Waals surface area contributed by atoms with E-state index in [1.807, 2.05) is 19.2 Å². The molecular formula is C21H20N2O4S2. The van der Waals surface area contributed by atoms with Gasteiger partial charge in [-0.2, -0.15) is 8.42 Å². The Morgan fingerprint density at radius 2 is 1.93 bits per heavy atom. The van der Waals surface area contributed by atoms with Crippen LogP contribution in [0, 0.1) is 6.92 Å². The second kappa shape index (κ2) is 7.27. The number of thiazole rings is 1. The lowest BCUT2D eigenvalue weighted by Crippen LogP contribution is -2.33. The third kappa shape index (κ3) is 3.77. The van der Waals surface area contributed by atoms with Crippen LogP contribution in [-0.4, -0.2) is 25.4 Å². The number of hydrogen-bond donors (Lipinski definition) is 0. The highest BCUT2D eigenvalue weighted by atomic mass is 32.2. The van der Waals surface area contributed by atoms with Gasteiger partial charge in [0.2, 0.25) is 5.91 Å². The van der Waals surface area contributed by atoms with Gasteiger partial charge in [0.05, 0.1) is 0 Å². The fourth-order valence-corrected chi connectivity index (χ4v) is 5.34. The molecule has 4 rings (SSSR count). The van der Waals surface area contributed by atoms with Gasteiger partial charge in [0.25, 0.3) is 0 Å². The van der Waals surface area contributed by atoms with Gasteiger partial charge in [-0.25, -0.2) is 4.98 Å². The molecule has 1 aliphatic heterocycles. The number of fused-ring (bicyclic) bond motifs is 1. The number of carbonyl (C=O) groups excluding carboxylic acids is 1. The summed E-state index contributed by atoms with van der Waals surface area (Å²) in [7, 11) is -3.98. The van der Waals surface area contributed by atoms with Crippen LogP contribution < -0.4 is 9.08 Å². The average molecular weight is 429 g/mol. The number of hydrogen-bond acceptors (Lipinski definition) is 6. The largest absolute Gasteiger partial charge is 0.379 e. The zero-order valence-corrected chi connectivity index (χ0v) is 17.9. The summed E-state index contributed by atoms with van der Waals surface area (Å²) >= 11 is 1.53. The predicted octanol–water partition coefficient (Wildman–Crippen LogP) is 4.18. The van der Waals surface area contributed by atoms with Crippen molar-refractivity contribution in [2.45, 2.75) is 38.1 Å². The Morgan fingerprint density at radius 3 is 2.55 bits per heavy atom. The maximum atomic E-state index is 12.7. The molecule has 1 aliphatic rings. The van der Waals surface area contributed by atoms with Gasteiger partial charge in [-0.05, 0) is 68.3 Å². The summed E-state index contributed by atoms with van der Waals surface area (Å²) in [5.41, 5.74) is 3.43. The topological polar surface area (TPSA) is 76.6 Å². The van der Waals surface area contributed by atoms with Crippen LogP contribution in [0.2, 0.25) is 0 Å². The van der Waals surface area contributed by atoms with Crippen LogP contribution in [0.15, 0.2) is 52.7 Å². The second-order valence-corrected chi connectivity index (χ2v) is 9.49. The lowest BCUT2D eigenvalue weighted by molar-refractivity contribution is -0.116. The van der Waals surface area contributed by atoms with Crippen molar-refractivity contribution >= 4 is 33.0 Å². The van der Waals surface area contributed by atoms with E-state index in [1.165, 1.54) is 24.3 Å². The highest BCUT2D eigenvalue weighted by Crippen LogP contribution is 2.34. The molecule has 6 nitrogen and oxygen atoms in total. The maximum absolute atomic E-state index is 12.7. The number of aryl methyl sites for hydroxylation is 1. The highest BCUT2D eigenvalue weighted by molar-refractivity contribution is 7.87. The van der Waals surface area contributed by atoms with Crippen LogP contribution in [0.3, 0.4) is 0 Å². The van der Waals surface area contributed by atoms with Crippen molar-refractivity contribution in [3.63, 3.8) is 0 Å². The average Bonchev–Trinajstić information content (AvgIpc) is 3.23. The molecule has 2 heterocycles.